The molecule has 2 aromatic heterocycles. The van der Waals surface area contributed by atoms with E-state index in [2.05, 4.69) is 9.82 Å². The highest BCUT2D eigenvalue weighted by Crippen LogP contribution is 2.25. The van der Waals surface area contributed by atoms with Crippen LogP contribution in [0, 0.1) is 6.92 Å². The Morgan fingerprint density at radius 2 is 2.32 bits per heavy atom. The predicted molar refractivity (Wildman–Crippen MR) is 74.4 cm³/mol. The quantitative estimate of drug-likeness (QED) is 0.821. The Hall–Kier alpha value is -1.22. The Morgan fingerprint density at radius 3 is 2.89 bits per heavy atom. The highest BCUT2D eigenvalue weighted by Gasteiger charge is 2.19. The van der Waals surface area contributed by atoms with Gasteiger partial charge in [-0.3, -0.25) is 4.68 Å². The number of rotatable bonds is 6. The lowest BCUT2D eigenvalue weighted by Gasteiger charge is -2.06. The van der Waals surface area contributed by atoms with Crippen molar-refractivity contribution in [1.29, 1.82) is 0 Å². The number of thiophene rings is 1. The van der Waals surface area contributed by atoms with Crippen LogP contribution in [-0.4, -0.2) is 24.7 Å². The highest BCUT2D eigenvalue weighted by molar-refractivity contribution is 7.89. The summed E-state index contributed by atoms with van der Waals surface area (Å²) >= 11 is 1.41. The van der Waals surface area contributed by atoms with Crippen LogP contribution >= 0.6 is 11.3 Å². The molecular weight excluding hydrogens is 284 g/mol. The van der Waals surface area contributed by atoms with Gasteiger partial charge in [0, 0.05) is 35.2 Å². The van der Waals surface area contributed by atoms with Crippen molar-refractivity contribution in [3.8, 4) is 0 Å². The van der Waals surface area contributed by atoms with Gasteiger partial charge in [-0.15, -0.1) is 11.3 Å². The molecule has 19 heavy (non-hydrogen) atoms. The van der Waals surface area contributed by atoms with Gasteiger partial charge in [-0.05, 0) is 19.1 Å². The second-order valence-electron chi connectivity index (χ2n) is 4.00. The summed E-state index contributed by atoms with van der Waals surface area (Å²) in [5.41, 5.74) is 5.52. The Morgan fingerprint density at radius 1 is 1.53 bits per heavy atom. The summed E-state index contributed by atoms with van der Waals surface area (Å²) in [6, 6.07) is 3.43. The number of aryl methyl sites for hydroxylation is 1. The predicted octanol–water partition coefficient (Wildman–Crippen LogP) is 0.690. The SMILES string of the molecule is Cc1sc(CN)cc1S(=O)(=O)NCCn1cccn1. The van der Waals surface area contributed by atoms with Crippen molar-refractivity contribution in [3.63, 3.8) is 0 Å². The van der Waals surface area contributed by atoms with Crippen LogP contribution in [0.2, 0.25) is 0 Å². The van der Waals surface area contributed by atoms with Crippen molar-refractivity contribution in [1.82, 2.24) is 14.5 Å². The van der Waals surface area contributed by atoms with Gasteiger partial charge in [0.2, 0.25) is 10.0 Å². The summed E-state index contributed by atoms with van der Waals surface area (Å²) in [5.74, 6) is 0. The molecular formula is C11H16N4O2S2. The van der Waals surface area contributed by atoms with Crippen molar-refractivity contribution in [2.45, 2.75) is 24.9 Å². The molecule has 8 heteroatoms. The molecule has 0 bridgehead atoms. The van der Waals surface area contributed by atoms with Gasteiger partial charge in [-0.1, -0.05) is 0 Å². The second-order valence-corrected chi connectivity index (χ2v) is 7.08. The van der Waals surface area contributed by atoms with Crippen LogP contribution in [0.1, 0.15) is 9.75 Å². The molecule has 0 amide bonds. The van der Waals surface area contributed by atoms with E-state index in [1.54, 1.807) is 36.1 Å². The minimum Gasteiger partial charge on any atom is -0.326 e. The molecule has 0 aliphatic rings. The van der Waals surface area contributed by atoms with Crippen LogP contribution in [0.3, 0.4) is 0 Å². The molecule has 104 valence electrons. The molecule has 0 radical (unpaired) electrons. The number of hydrogen-bond acceptors (Lipinski definition) is 5. The van der Waals surface area contributed by atoms with Crippen LogP contribution in [0.5, 0.6) is 0 Å². The summed E-state index contributed by atoms with van der Waals surface area (Å²) < 4.78 is 28.5. The van der Waals surface area contributed by atoms with Crippen molar-refractivity contribution in [2.75, 3.05) is 6.54 Å². The van der Waals surface area contributed by atoms with Crippen LogP contribution in [0.25, 0.3) is 0 Å². The number of aromatic nitrogens is 2. The van der Waals surface area contributed by atoms with Crippen molar-refractivity contribution in [2.24, 2.45) is 5.73 Å². The van der Waals surface area contributed by atoms with E-state index in [1.807, 2.05) is 0 Å². The number of sulfonamides is 1. The molecule has 2 heterocycles. The Labute approximate surface area is 116 Å². The van der Waals surface area contributed by atoms with Crippen LogP contribution < -0.4 is 10.5 Å². The summed E-state index contributed by atoms with van der Waals surface area (Å²) in [6.07, 6.45) is 3.45. The average Bonchev–Trinajstić information content (AvgIpc) is 2.98. The van der Waals surface area contributed by atoms with Gasteiger partial charge in [0.15, 0.2) is 0 Å². The monoisotopic (exact) mass is 300 g/mol. The zero-order valence-electron chi connectivity index (χ0n) is 10.5. The Bertz CT molecular complexity index is 632. The fourth-order valence-corrected chi connectivity index (χ4v) is 4.23. The first-order valence-corrected chi connectivity index (χ1v) is 8.09. The van der Waals surface area contributed by atoms with Crippen molar-refractivity contribution >= 4 is 21.4 Å². The lowest BCUT2D eigenvalue weighted by atomic mass is 10.4. The van der Waals surface area contributed by atoms with Gasteiger partial charge < -0.3 is 5.73 Å². The van der Waals surface area contributed by atoms with E-state index in [-0.39, 0.29) is 0 Å². The molecule has 6 nitrogen and oxygen atoms in total. The first kappa shape index (κ1) is 14.2. The Kier molecular flexibility index (Phi) is 4.35. The first-order chi connectivity index (χ1) is 9.03. The first-order valence-electron chi connectivity index (χ1n) is 5.79. The standard InChI is InChI=1S/C11H16N4O2S2/c1-9-11(7-10(8-12)18-9)19(16,17)14-4-6-15-5-2-3-13-15/h2-3,5,7,14H,4,6,8,12H2,1H3. The maximum Gasteiger partial charge on any atom is 0.241 e. The lowest BCUT2D eigenvalue weighted by Crippen LogP contribution is -2.27. The van der Waals surface area contributed by atoms with Gasteiger partial charge in [0.05, 0.1) is 11.4 Å². The fourth-order valence-electron chi connectivity index (χ4n) is 1.70. The van der Waals surface area contributed by atoms with Crippen molar-refractivity contribution in [3.05, 3.63) is 34.3 Å². The third kappa shape index (κ3) is 3.41. The lowest BCUT2D eigenvalue weighted by molar-refractivity contribution is 0.560. The van der Waals surface area contributed by atoms with E-state index >= 15 is 0 Å². The molecule has 0 atom stereocenters. The molecule has 0 saturated heterocycles. The molecule has 0 saturated carbocycles. The van der Waals surface area contributed by atoms with Gasteiger partial charge in [0.1, 0.15) is 0 Å². The van der Waals surface area contributed by atoms with Gasteiger partial charge in [0.25, 0.3) is 0 Å². The van der Waals surface area contributed by atoms with E-state index in [0.717, 1.165) is 9.75 Å². The average molecular weight is 300 g/mol. The van der Waals surface area contributed by atoms with Gasteiger partial charge >= 0.3 is 0 Å². The molecule has 2 aromatic rings. The minimum atomic E-state index is -3.47. The molecule has 0 unspecified atom stereocenters. The van der Waals surface area contributed by atoms with E-state index in [4.69, 9.17) is 5.73 Å². The maximum absolute atomic E-state index is 12.1. The van der Waals surface area contributed by atoms with Crippen molar-refractivity contribution < 1.29 is 8.42 Å². The molecule has 3 N–H and O–H groups in total. The highest BCUT2D eigenvalue weighted by atomic mass is 32.2. The topological polar surface area (TPSA) is 90.0 Å². The molecule has 0 aliphatic heterocycles. The molecule has 0 aromatic carbocycles. The zero-order valence-corrected chi connectivity index (χ0v) is 12.2. The van der Waals surface area contributed by atoms with Gasteiger partial charge in [-0.2, -0.15) is 5.10 Å². The minimum absolute atomic E-state index is 0.303. The maximum atomic E-state index is 12.1. The normalized spacial score (nSPS) is 11.9. The van der Waals surface area contributed by atoms with Crippen LogP contribution in [-0.2, 0) is 23.1 Å². The van der Waals surface area contributed by atoms with Crippen LogP contribution in [0.15, 0.2) is 29.4 Å². The third-order valence-corrected chi connectivity index (χ3v) is 5.40. The molecule has 0 spiro atoms. The molecule has 0 fully saturated rings. The largest absolute Gasteiger partial charge is 0.326 e. The smallest absolute Gasteiger partial charge is 0.241 e. The molecule has 0 aliphatic carbocycles. The van der Waals surface area contributed by atoms with E-state index in [1.165, 1.54) is 11.3 Å². The number of nitrogens with two attached hydrogens (primary N) is 1. The molecule has 2 rings (SSSR count). The number of nitrogens with zero attached hydrogens (tertiary/aromatic N) is 2. The Balaban J connectivity index is 2.03. The third-order valence-electron chi connectivity index (χ3n) is 2.61. The van der Waals surface area contributed by atoms with E-state index < -0.39 is 10.0 Å². The van der Waals surface area contributed by atoms with Crippen LogP contribution in [0.4, 0.5) is 0 Å². The number of nitrogens with one attached hydrogen (secondary N) is 1. The summed E-state index contributed by atoms with van der Waals surface area (Å²) in [5, 5.41) is 4.01. The summed E-state index contributed by atoms with van der Waals surface area (Å²) in [4.78, 5) is 1.94. The summed E-state index contributed by atoms with van der Waals surface area (Å²) in [6.45, 7) is 2.94. The summed E-state index contributed by atoms with van der Waals surface area (Å²) in [7, 11) is -3.47. The van der Waals surface area contributed by atoms with Gasteiger partial charge in [-0.25, -0.2) is 13.1 Å². The zero-order chi connectivity index (χ0) is 13.9. The fraction of sp³-hybridized carbons (Fsp3) is 0.364. The number of hydrogen-bond donors (Lipinski definition) is 2. The van der Waals surface area contributed by atoms with E-state index in [9.17, 15) is 8.42 Å². The van der Waals surface area contributed by atoms with E-state index in [0.29, 0.717) is 24.5 Å². The second kappa shape index (κ2) is 5.83.